The number of hydrogen-bond donors (Lipinski definition) is 0. The molecule has 0 heterocycles. The van der Waals surface area contributed by atoms with E-state index in [9.17, 15) is 19.2 Å². The number of ether oxygens (including phenoxy) is 12. The fourth-order valence-corrected chi connectivity index (χ4v) is 5.72. The Bertz CT molecular complexity index is 1040. The zero-order valence-electron chi connectivity index (χ0n) is 37.2. The summed E-state index contributed by atoms with van der Waals surface area (Å²) in [5.74, 6) is -2.82. The lowest BCUT2D eigenvalue weighted by molar-refractivity contribution is -0.224. The SMILES string of the molecule is CCC(C)(CC(C)(C)C(=O)OCCOC(C)(C)OCCOC(=O)C(C)(C)CC(C)(CC)C(=O)OCCOCCOCCOC)C(=O)OCCOCCOCCOC. The summed E-state index contributed by atoms with van der Waals surface area (Å²) in [4.78, 5) is 52.1. The minimum Gasteiger partial charge on any atom is -0.463 e. The maximum atomic E-state index is 13.1. The molecule has 57 heavy (non-hydrogen) atoms. The Kier molecular flexibility index (Phi) is 27.7. The molecule has 0 rings (SSSR count). The molecule has 16 nitrogen and oxygen atoms in total. The number of carbonyl (C=O) groups excluding carboxylic acids is 4. The van der Waals surface area contributed by atoms with Crippen molar-refractivity contribution in [1.82, 2.24) is 0 Å². The van der Waals surface area contributed by atoms with Crippen LogP contribution >= 0.6 is 0 Å². The first-order valence-corrected chi connectivity index (χ1v) is 20.0. The lowest BCUT2D eigenvalue weighted by Gasteiger charge is -2.34. The summed E-state index contributed by atoms with van der Waals surface area (Å²) in [6, 6.07) is 0. The van der Waals surface area contributed by atoms with Gasteiger partial charge in [-0.3, -0.25) is 19.2 Å². The van der Waals surface area contributed by atoms with Gasteiger partial charge in [0.2, 0.25) is 0 Å². The molecular formula is C41H76O16. The molecule has 2 unspecified atom stereocenters. The van der Waals surface area contributed by atoms with E-state index >= 15 is 0 Å². The third-order valence-corrected chi connectivity index (χ3v) is 9.38. The lowest BCUT2D eigenvalue weighted by atomic mass is 9.72. The van der Waals surface area contributed by atoms with E-state index < -0.39 is 51.3 Å². The van der Waals surface area contributed by atoms with Crippen LogP contribution < -0.4 is 0 Å². The predicted octanol–water partition coefficient (Wildman–Crippen LogP) is 4.95. The van der Waals surface area contributed by atoms with Gasteiger partial charge in [0.05, 0.1) is 101 Å². The van der Waals surface area contributed by atoms with E-state index in [1.807, 2.05) is 13.8 Å². The molecular weight excluding hydrogens is 748 g/mol. The van der Waals surface area contributed by atoms with Crippen LogP contribution in [-0.2, 0) is 76.0 Å². The molecule has 16 heteroatoms. The van der Waals surface area contributed by atoms with Crippen LogP contribution in [0.5, 0.6) is 0 Å². The molecule has 0 aromatic heterocycles. The molecule has 0 spiro atoms. The second kappa shape index (κ2) is 28.9. The number of rotatable bonds is 36. The Hall–Kier alpha value is -2.44. The molecule has 0 N–H and O–H groups in total. The maximum Gasteiger partial charge on any atom is 0.311 e. The fourth-order valence-electron chi connectivity index (χ4n) is 5.72. The average Bonchev–Trinajstić information content (AvgIpc) is 3.15. The van der Waals surface area contributed by atoms with Gasteiger partial charge in [-0.15, -0.1) is 0 Å². The van der Waals surface area contributed by atoms with Crippen molar-refractivity contribution in [3.63, 3.8) is 0 Å². The zero-order chi connectivity index (χ0) is 43.4. The van der Waals surface area contributed by atoms with E-state index in [-0.39, 0.29) is 65.7 Å². The van der Waals surface area contributed by atoms with Crippen molar-refractivity contribution in [2.45, 2.75) is 101 Å². The van der Waals surface area contributed by atoms with Crippen molar-refractivity contribution in [3.05, 3.63) is 0 Å². The summed E-state index contributed by atoms with van der Waals surface area (Å²) < 4.78 is 65.0. The van der Waals surface area contributed by atoms with Crippen LogP contribution in [0.3, 0.4) is 0 Å². The summed E-state index contributed by atoms with van der Waals surface area (Å²) in [5, 5.41) is 0. The highest BCUT2D eigenvalue weighted by Crippen LogP contribution is 2.39. The second-order valence-electron chi connectivity index (χ2n) is 16.0. The summed E-state index contributed by atoms with van der Waals surface area (Å²) in [6.07, 6.45) is 1.37. The van der Waals surface area contributed by atoms with Gasteiger partial charge in [-0.05, 0) is 81.1 Å². The number of esters is 4. The Morgan fingerprint density at radius 2 is 0.632 bits per heavy atom. The van der Waals surface area contributed by atoms with Crippen LogP contribution in [0.1, 0.15) is 94.9 Å². The van der Waals surface area contributed by atoms with E-state index in [1.165, 1.54) is 0 Å². The molecule has 0 aliphatic heterocycles. The summed E-state index contributed by atoms with van der Waals surface area (Å²) in [7, 11) is 3.20. The van der Waals surface area contributed by atoms with Gasteiger partial charge >= 0.3 is 23.9 Å². The fraction of sp³-hybridized carbons (Fsp3) is 0.902. The molecule has 0 aliphatic carbocycles. The standard InChI is InChI=1S/C41H76O16/c1-13-40(9,35(44)54-25-23-50-21-19-48-17-15-46-11)31-37(3,4)33(42)52-27-29-56-39(7,8)57-30-28-53-34(43)38(5,6)32-41(10,14-2)36(45)55-26-24-51-22-20-49-18-16-47-12/h13-32H2,1-12H3. The average molecular weight is 825 g/mol. The predicted molar refractivity (Wildman–Crippen MR) is 210 cm³/mol. The van der Waals surface area contributed by atoms with Crippen LogP contribution in [0.25, 0.3) is 0 Å². The molecule has 0 radical (unpaired) electrons. The molecule has 0 saturated carbocycles. The molecule has 2 atom stereocenters. The van der Waals surface area contributed by atoms with Gasteiger partial charge in [0, 0.05) is 14.2 Å². The Labute approximate surface area is 341 Å². The van der Waals surface area contributed by atoms with E-state index in [0.29, 0.717) is 65.7 Å². The highest BCUT2D eigenvalue weighted by atomic mass is 16.7. The molecule has 0 saturated heterocycles. The van der Waals surface area contributed by atoms with Crippen LogP contribution in [0, 0.1) is 21.7 Å². The first kappa shape index (κ1) is 54.6. The van der Waals surface area contributed by atoms with Gasteiger partial charge < -0.3 is 56.8 Å². The molecule has 0 aromatic rings. The van der Waals surface area contributed by atoms with Crippen molar-refractivity contribution in [1.29, 1.82) is 0 Å². The van der Waals surface area contributed by atoms with Crippen molar-refractivity contribution < 1.29 is 76.0 Å². The minimum absolute atomic E-state index is 0.0338. The smallest absolute Gasteiger partial charge is 0.311 e. The molecule has 0 amide bonds. The van der Waals surface area contributed by atoms with Crippen molar-refractivity contribution in [2.75, 3.05) is 120 Å². The Balaban J connectivity index is 4.60. The van der Waals surface area contributed by atoms with Crippen LogP contribution in [0.2, 0.25) is 0 Å². The topological polar surface area (TPSA) is 179 Å². The van der Waals surface area contributed by atoms with Crippen molar-refractivity contribution in [2.24, 2.45) is 21.7 Å². The Morgan fingerprint density at radius 3 is 0.930 bits per heavy atom. The maximum absolute atomic E-state index is 13.1. The third-order valence-electron chi connectivity index (χ3n) is 9.38. The Morgan fingerprint density at radius 1 is 0.368 bits per heavy atom. The van der Waals surface area contributed by atoms with Gasteiger partial charge in [0.1, 0.15) is 26.4 Å². The second-order valence-corrected chi connectivity index (χ2v) is 16.0. The highest BCUT2D eigenvalue weighted by Gasteiger charge is 2.44. The zero-order valence-corrected chi connectivity index (χ0v) is 37.2. The van der Waals surface area contributed by atoms with Gasteiger partial charge in [0.15, 0.2) is 5.79 Å². The van der Waals surface area contributed by atoms with Gasteiger partial charge in [-0.25, -0.2) is 0 Å². The van der Waals surface area contributed by atoms with E-state index in [1.54, 1.807) is 69.6 Å². The van der Waals surface area contributed by atoms with Crippen molar-refractivity contribution >= 4 is 23.9 Å². The van der Waals surface area contributed by atoms with Gasteiger partial charge in [-0.2, -0.15) is 0 Å². The number of methoxy groups -OCH3 is 2. The first-order chi connectivity index (χ1) is 26.8. The van der Waals surface area contributed by atoms with Gasteiger partial charge in [-0.1, -0.05) is 13.8 Å². The molecule has 0 aliphatic rings. The third kappa shape index (κ3) is 23.7. The summed E-state index contributed by atoms with van der Waals surface area (Å²) >= 11 is 0. The molecule has 336 valence electrons. The first-order valence-electron chi connectivity index (χ1n) is 20.0. The lowest BCUT2D eigenvalue weighted by Crippen LogP contribution is -2.39. The van der Waals surface area contributed by atoms with Crippen LogP contribution in [-0.4, -0.2) is 150 Å². The van der Waals surface area contributed by atoms with Gasteiger partial charge in [0.25, 0.3) is 0 Å². The quantitative estimate of drug-likeness (QED) is 0.0358. The minimum atomic E-state index is -1.07. The summed E-state index contributed by atoms with van der Waals surface area (Å²) in [6.45, 7) is 21.9. The normalized spacial score (nSPS) is 14.4. The molecule has 0 fully saturated rings. The number of hydrogen-bond acceptors (Lipinski definition) is 16. The number of carbonyl (C=O) groups is 4. The monoisotopic (exact) mass is 825 g/mol. The van der Waals surface area contributed by atoms with E-state index in [0.717, 1.165) is 0 Å². The largest absolute Gasteiger partial charge is 0.463 e. The molecule has 0 aromatic carbocycles. The van der Waals surface area contributed by atoms with Crippen LogP contribution in [0.4, 0.5) is 0 Å². The van der Waals surface area contributed by atoms with Crippen LogP contribution in [0.15, 0.2) is 0 Å². The van der Waals surface area contributed by atoms with Crippen molar-refractivity contribution in [3.8, 4) is 0 Å². The van der Waals surface area contributed by atoms with E-state index in [4.69, 9.17) is 56.8 Å². The summed E-state index contributed by atoms with van der Waals surface area (Å²) in [5.41, 5.74) is -3.77. The van der Waals surface area contributed by atoms with E-state index in [2.05, 4.69) is 0 Å². The highest BCUT2D eigenvalue weighted by molar-refractivity contribution is 5.81. The molecule has 0 bridgehead atoms.